The predicted octanol–water partition coefficient (Wildman–Crippen LogP) is 0.923. The molecule has 0 spiro atoms. The maximum Gasteiger partial charge on any atom is 0.237 e. The van der Waals surface area contributed by atoms with Crippen LogP contribution in [0.2, 0.25) is 0 Å². The Morgan fingerprint density at radius 3 is 3.00 bits per heavy atom. The second-order valence-electron chi connectivity index (χ2n) is 3.37. The van der Waals surface area contributed by atoms with Gasteiger partial charge in [0.1, 0.15) is 11.4 Å². The summed E-state index contributed by atoms with van der Waals surface area (Å²) in [5.41, 5.74) is 0.542. The van der Waals surface area contributed by atoms with Gasteiger partial charge in [-0.15, -0.1) is 0 Å². The summed E-state index contributed by atoms with van der Waals surface area (Å²) >= 11 is 0. The molecule has 1 amide bonds. The number of aromatic hydroxyl groups is 1. The van der Waals surface area contributed by atoms with E-state index in [1.54, 1.807) is 4.90 Å². The molecule has 1 aromatic heterocycles. The van der Waals surface area contributed by atoms with Crippen LogP contribution in [0.3, 0.4) is 0 Å². The van der Waals surface area contributed by atoms with Gasteiger partial charge in [0.25, 0.3) is 0 Å². The van der Waals surface area contributed by atoms with Crippen LogP contribution in [0, 0.1) is 0 Å². The van der Waals surface area contributed by atoms with Crippen LogP contribution in [0.15, 0.2) is 12.3 Å². The first-order chi connectivity index (χ1) is 7.22. The minimum absolute atomic E-state index is 0.0329. The number of carbonyl (C=O) groups is 1. The van der Waals surface area contributed by atoms with E-state index in [2.05, 4.69) is 4.98 Å². The molecule has 1 aliphatic rings. The summed E-state index contributed by atoms with van der Waals surface area (Å²) < 4.78 is 5.04. The van der Waals surface area contributed by atoms with Gasteiger partial charge in [0, 0.05) is 19.0 Å². The lowest BCUT2D eigenvalue weighted by Gasteiger charge is -2.17. The Labute approximate surface area is 87.3 Å². The highest BCUT2D eigenvalue weighted by Gasteiger charge is 2.25. The van der Waals surface area contributed by atoms with Crippen molar-refractivity contribution >= 4 is 11.6 Å². The van der Waals surface area contributed by atoms with Crippen LogP contribution < -0.4 is 9.64 Å². The molecule has 0 atom stereocenters. The molecule has 0 aromatic carbocycles. The van der Waals surface area contributed by atoms with Crippen molar-refractivity contribution in [2.24, 2.45) is 0 Å². The number of aromatic nitrogens is 1. The summed E-state index contributed by atoms with van der Waals surface area (Å²) in [6.07, 6.45) is 2.67. The third-order valence-electron chi connectivity index (χ3n) is 2.38. The number of amides is 1. The maximum atomic E-state index is 11.5. The second-order valence-corrected chi connectivity index (χ2v) is 3.37. The van der Waals surface area contributed by atoms with Gasteiger partial charge < -0.3 is 14.7 Å². The van der Waals surface area contributed by atoms with Gasteiger partial charge in [-0.3, -0.25) is 4.79 Å². The predicted molar refractivity (Wildman–Crippen MR) is 54.0 cm³/mol. The molecule has 0 saturated carbocycles. The Bertz CT molecular complexity index is 392. The lowest BCUT2D eigenvalue weighted by molar-refractivity contribution is -0.117. The monoisotopic (exact) mass is 208 g/mol. The zero-order chi connectivity index (χ0) is 10.8. The largest absolute Gasteiger partial charge is 0.506 e. The van der Waals surface area contributed by atoms with Crippen LogP contribution in [0.5, 0.6) is 11.6 Å². The van der Waals surface area contributed by atoms with Crippen molar-refractivity contribution in [1.29, 1.82) is 0 Å². The van der Waals surface area contributed by atoms with E-state index in [9.17, 15) is 9.90 Å². The van der Waals surface area contributed by atoms with Crippen LogP contribution in [0.25, 0.3) is 0 Å². The van der Waals surface area contributed by atoms with E-state index in [-0.39, 0.29) is 11.7 Å². The van der Waals surface area contributed by atoms with Gasteiger partial charge in [-0.05, 0) is 6.42 Å². The van der Waals surface area contributed by atoms with Gasteiger partial charge in [-0.1, -0.05) is 0 Å². The first-order valence-corrected chi connectivity index (χ1v) is 4.75. The van der Waals surface area contributed by atoms with E-state index in [4.69, 9.17) is 4.74 Å². The Hall–Kier alpha value is -1.78. The van der Waals surface area contributed by atoms with Gasteiger partial charge in [0.15, 0.2) is 0 Å². The fourth-order valence-electron chi connectivity index (χ4n) is 1.68. The van der Waals surface area contributed by atoms with Crippen LogP contribution in [-0.2, 0) is 4.79 Å². The summed E-state index contributed by atoms with van der Waals surface area (Å²) in [5.74, 6) is 0.439. The Kier molecular flexibility index (Phi) is 2.45. The van der Waals surface area contributed by atoms with E-state index in [0.717, 1.165) is 6.42 Å². The number of pyridine rings is 1. The minimum atomic E-state index is 0.0329. The van der Waals surface area contributed by atoms with Crippen molar-refractivity contribution in [3.63, 3.8) is 0 Å². The first kappa shape index (κ1) is 9.76. The van der Waals surface area contributed by atoms with E-state index in [1.165, 1.54) is 19.4 Å². The van der Waals surface area contributed by atoms with Crippen molar-refractivity contribution in [1.82, 2.24) is 4.98 Å². The summed E-state index contributed by atoms with van der Waals surface area (Å²) in [4.78, 5) is 17.0. The maximum absolute atomic E-state index is 11.5. The average molecular weight is 208 g/mol. The molecule has 1 aliphatic heterocycles. The lowest BCUT2D eigenvalue weighted by Crippen LogP contribution is -2.24. The smallest absolute Gasteiger partial charge is 0.237 e. The van der Waals surface area contributed by atoms with Gasteiger partial charge >= 0.3 is 0 Å². The quantitative estimate of drug-likeness (QED) is 0.785. The van der Waals surface area contributed by atoms with Crippen molar-refractivity contribution < 1.29 is 14.6 Å². The Morgan fingerprint density at radius 1 is 1.60 bits per heavy atom. The minimum Gasteiger partial charge on any atom is -0.506 e. The number of anilines is 1. The Balaban J connectivity index is 2.40. The van der Waals surface area contributed by atoms with Crippen molar-refractivity contribution in [3.05, 3.63) is 12.3 Å². The van der Waals surface area contributed by atoms with E-state index in [1.807, 2.05) is 0 Å². The summed E-state index contributed by atoms with van der Waals surface area (Å²) in [5, 5.41) is 9.32. The molecule has 2 rings (SSSR count). The second kappa shape index (κ2) is 3.76. The molecular weight excluding hydrogens is 196 g/mol. The molecular formula is C10H12N2O3. The van der Waals surface area contributed by atoms with Gasteiger partial charge in [-0.25, -0.2) is 4.98 Å². The Morgan fingerprint density at radius 2 is 2.40 bits per heavy atom. The zero-order valence-corrected chi connectivity index (χ0v) is 8.43. The molecule has 1 aromatic rings. The van der Waals surface area contributed by atoms with E-state index >= 15 is 0 Å². The highest BCUT2D eigenvalue weighted by Crippen LogP contribution is 2.31. The molecule has 5 nitrogen and oxygen atoms in total. The lowest BCUT2D eigenvalue weighted by atomic mass is 10.3. The van der Waals surface area contributed by atoms with Gasteiger partial charge in [-0.2, -0.15) is 0 Å². The molecule has 0 unspecified atom stereocenters. The fraction of sp³-hybridized carbons (Fsp3) is 0.400. The molecule has 2 heterocycles. The highest BCUT2D eigenvalue weighted by atomic mass is 16.5. The normalized spacial score (nSPS) is 15.8. The fourth-order valence-corrected chi connectivity index (χ4v) is 1.68. The van der Waals surface area contributed by atoms with Crippen LogP contribution in [-0.4, -0.2) is 29.7 Å². The summed E-state index contributed by atoms with van der Waals surface area (Å²) in [6.45, 7) is 0.653. The number of methoxy groups -OCH3 is 1. The topological polar surface area (TPSA) is 62.7 Å². The molecule has 0 aliphatic carbocycles. The SMILES string of the molecule is COc1ncc(O)cc1N1CCCC1=O. The highest BCUT2D eigenvalue weighted by molar-refractivity contribution is 5.96. The van der Waals surface area contributed by atoms with Crippen molar-refractivity contribution in [3.8, 4) is 11.6 Å². The zero-order valence-electron chi connectivity index (χ0n) is 8.43. The third-order valence-corrected chi connectivity index (χ3v) is 2.38. The van der Waals surface area contributed by atoms with Gasteiger partial charge in [0.05, 0.1) is 13.3 Å². The molecule has 1 saturated heterocycles. The van der Waals surface area contributed by atoms with Crippen molar-refractivity contribution in [2.75, 3.05) is 18.6 Å². The number of ether oxygens (including phenoxy) is 1. The molecule has 0 radical (unpaired) electrons. The molecule has 0 bridgehead atoms. The molecule has 15 heavy (non-hydrogen) atoms. The number of rotatable bonds is 2. The standard InChI is InChI=1S/C10H12N2O3/c1-15-10-8(5-7(13)6-11-10)12-4-2-3-9(12)14/h5-6,13H,2-4H2,1H3. The first-order valence-electron chi connectivity index (χ1n) is 4.75. The van der Waals surface area contributed by atoms with Gasteiger partial charge in [0.2, 0.25) is 11.8 Å². The molecule has 80 valence electrons. The average Bonchev–Trinajstić information content (AvgIpc) is 2.64. The van der Waals surface area contributed by atoms with Crippen LogP contribution in [0.1, 0.15) is 12.8 Å². The summed E-state index contributed by atoms with van der Waals surface area (Å²) in [6, 6.07) is 1.50. The number of hydrogen-bond acceptors (Lipinski definition) is 4. The molecule has 5 heteroatoms. The summed E-state index contributed by atoms with van der Waals surface area (Å²) in [7, 11) is 1.49. The van der Waals surface area contributed by atoms with E-state index < -0.39 is 0 Å². The molecule has 1 N–H and O–H groups in total. The molecule has 1 fully saturated rings. The van der Waals surface area contributed by atoms with Crippen LogP contribution >= 0.6 is 0 Å². The number of nitrogens with zero attached hydrogens (tertiary/aromatic N) is 2. The number of hydrogen-bond donors (Lipinski definition) is 1. The third kappa shape index (κ3) is 1.72. The van der Waals surface area contributed by atoms with Crippen LogP contribution in [0.4, 0.5) is 5.69 Å². The number of carbonyl (C=O) groups excluding carboxylic acids is 1. The van der Waals surface area contributed by atoms with Crippen molar-refractivity contribution in [2.45, 2.75) is 12.8 Å². The van der Waals surface area contributed by atoms with E-state index in [0.29, 0.717) is 24.5 Å².